The maximum absolute atomic E-state index is 10.7. The Kier molecular flexibility index (Phi) is 3.69. The average Bonchev–Trinajstić information content (AvgIpc) is 2.86. The molecule has 1 fully saturated rings. The molecule has 0 spiro atoms. The number of nitrogens with one attached hydrogen (secondary N) is 1. The van der Waals surface area contributed by atoms with Gasteiger partial charge in [-0.1, -0.05) is 0 Å². The Morgan fingerprint density at radius 1 is 1.62 bits per heavy atom. The van der Waals surface area contributed by atoms with E-state index in [9.17, 15) is 4.79 Å². The number of hydrogen-bond donors (Lipinski definition) is 2. The molecule has 0 saturated heterocycles. The molecule has 0 aromatic heterocycles. The molecule has 1 aliphatic rings. The maximum Gasteiger partial charge on any atom is 0.319 e. The number of aliphatic hydroxyl groups excluding tert-OH is 1. The number of methoxy groups -OCH3 is 1. The van der Waals surface area contributed by atoms with E-state index in [0.717, 1.165) is 25.8 Å². The Morgan fingerprint density at radius 2 is 2.31 bits per heavy atom. The lowest BCUT2D eigenvalue weighted by Gasteiger charge is -2.13. The first kappa shape index (κ1) is 10.5. The zero-order valence-corrected chi connectivity index (χ0v) is 8.01. The molecule has 1 saturated carbocycles. The molecule has 4 heteroatoms. The van der Waals surface area contributed by atoms with E-state index < -0.39 is 0 Å². The molecule has 0 bridgehead atoms. The molecule has 0 amide bonds. The van der Waals surface area contributed by atoms with E-state index in [2.05, 4.69) is 10.1 Å². The third-order valence-electron chi connectivity index (χ3n) is 2.60. The second-order valence-corrected chi connectivity index (χ2v) is 3.65. The van der Waals surface area contributed by atoms with Crippen molar-refractivity contribution >= 4 is 5.97 Å². The molecule has 76 valence electrons. The van der Waals surface area contributed by atoms with Crippen LogP contribution in [0.3, 0.4) is 0 Å². The summed E-state index contributed by atoms with van der Waals surface area (Å²) in [5.41, 5.74) is 0.267. The van der Waals surface area contributed by atoms with Crippen LogP contribution in [0, 0.1) is 5.41 Å². The van der Waals surface area contributed by atoms with Crippen LogP contribution < -0.4 is 5.32 Å². The molecule has 1 aliphatic carbocycles. The topological polar surface area (TPSA) is 58.6 Å². The number of aliphatic hydroxyl groups is 1. The fourth-order valence-electron chi connectivity index (χ4n) is 1.43. The zero-order valence-electron chi connectivity index (χ0n) is 8.01. The van der Waals surface area contributed by atoms with E-state index in [1.165, 1.54) is 7.11 Å². The summed E-state index contributed by atoms with van der Waals surface area (Å²) in [6, 6.07) is 0. The Bertz CT molecular complexity index is 178. The minimum Gasteiger partial charge on any atom is -0.468 e. The van der Waals surface area contributed by atoms with Crippen LogP contribution >= 0.6 is 0 Å². The second kappa shape index (κ2) is 4.58. The quantitative estimate of drug-likeness (QED) is 0.571. The molecule has 1 rings (SSSR count). The summed E-state index contributed by atoms with van der Waals surface area (Å²) < 4.78 is 4.49. The van der Waals surface area contributed by atoms with Crippen molar-refractivity contribution in [3.63, 3.8) is 0 Å². The Labute approximate surface area is 78.3 Å². The lowest BCUT2D eigenvalue weighted by Crippen LogP contribution is -2.30. The first-order valence-electron chi connectivity index (χ1n) is 4.61. The maximum atomic E-state index is 10.7. The number of carbonyl (C=O) groups is 1. The van der Waals surface area contributed by atoms with Crippen molar-refractivity contribution in [2.45, 2.75) is 19.3 Å². The summed E-state index contributed by atoms with van der Waals surface area (Å²) in [5, 5.41) is 11.8. The summed E-state index contributed by atoms with van der Waals surface area (Å²) in [6.07, 6.45) is 3.14. The first-order chi connectivity index (χ1) is 6.22. The number of carbonyl (C=O) groups excluding carboxylic acids is 1. The van der Waals surface area contributed by atoms with Crippen molar-refractivity contribution in [1.29, 1.82) is 0 Å². The van der Waals surface area contributed by atoms with E-state index in [0.29, 0.717) is 0 Å². The molecular weight excluding hydrogens is 170 g/mol. The predicted octanol–water partition coefficient (Wildman–Crippen LogP) is -0.0884. The van der Waals surface area contributed by atoms with Crippen molar-refractivity contribution in [2.24, 2.45) is 5.41 Å². The standard InChI is InChI=1S/C9H17NO3/c1-13-8(12)6-10-7-9(2-3-9)4-5-11/h10-11H,2-7H2,1H3. The van der Waals surface area contributed by atoms with E-state index in [1.807, 2.05) is 0 Å². The van der Waals surface area contributed by atoms with Crippen LogP contribution in [0.1, 0.15) is 19.3 Å². The van der Waals surface area contributed by atoms with Crippen molar-refractivity contribution in [1.82, 2.24) is 5.32 Å². The van der Waals surface area contributed by atoms with Gasteiger partial charge in [0.1, 0.15) is 0 Å². The van der Waals surface area contributed by atoms with Gasteiger partial charge in [0, 0.05) is 13.2 Å². The third-order valence-corrected chi connectivity index (χ3v) is 2.60. The summed E-state index contributed by atoms with van der Waals surface area (Å²) in [4.78, 5) is 10.7. The lowest BCUT2D eigenvalue weighted by atomic mass is 10.0. The Balaban J connectivity index is 2.08. The van der Waals surface area contributed by atoms with E-state index in [4.69, 9.17) is 5.11 Å². The largest absolute Gasteiger partial charge is 0.468 e. The molecular formula is C9H17NO3. The zero-order chi connectivity index (χ0) is 9.73. The van der Waals surface area contributed by atoms with Crippen molar-refractivity contribution in [3.05, 3.63) is 0 Å². The molecule has 0 aromatic carbocycles. The molecule has 4 nitrogen and oxygen atoms in total. The summed E-state index contributed by atoms with van der Waals surface area (Å²) in [6.45, 7) is 1.31. The van der Waals surface area contributed by atoms with Gasteiger partial charge in [0.15, 0.2) is 0 Å². The van der Waals surface area contributed by atoms with Gasteiger partial charge in [-0.25, -0.2) is 0 Å². The highest BCUT2D eigenvalue weighted by Gasteiger charge is 2.41. The fraction of sp³-hybridized carbons (Fsp3) is 0.889. The van der Waals surface area contributed by atoms with E-state index in [1.54, 1.807) is 0 Å². The molecule has 0 aromatic rings. The number of ether oxygens (including phenoxy) is 1. The fourth-order valence-corrected chi connectivity index (χ4v) is 1.43. The van der Waals surface area contributed by atoms with Crippen LogP contribution in [0.4, 0.5) is 0 Å². The predicted molar refractivity (Wildman–Crippen MR) is 48.3 cm³/mol. The van der Waals surface area contributed by atoms with Crippen LogP contribution in [-0.2, 0) is 9.53 Å². The lowest BCUT2D eigenvalue weighted by molar-refractivity contribution is -0.139. The molecule has 2 N–H and O–H groups in total. The summed E-state index contributed by atoms with van der Waals surface area (Å²) in [7, 11) is 1.38. The highest BCUT2D eigenvalue weighted by atomic mass is 16.5. The van der Waals surface area contributed by atoms with Crippen LogP contribution in [0.15, 0.2) is 0 Å². The van der Waals surface area contributed by atoms with E-state index >= 15 is 0 Å². The highest BCUT2D eigenvalue weighted by Crippen LogP contribution is 2.47. The van der Waals surface area contributed by atoms with Crippen molar-refractivity contribution in [2.75, 3.05) is 26.8 Å². The summed E-state index contributed by atoms with van der Waals surface area (Å²) in [5.74, 6) is -0.236. The van der Waals surface area contributed by atoms with Gasteiger partial charge in [0.05, 0.1) is 13.7 Å². The average molecular weight is 187 g/mol. The van der Waals surface area contributed by atoms with Gasteiger partial charge in [-0.3, -0.25) is 4.79 Å². The van der Waals surface area contributed by atoms with Crippen molar-refractivity contribution in [3.8, 4) is 0 Å². The van der Waals surface area contributed by atoms with Crippen LogP contribution in [0.2, 0.25) is 0 Å². The molecule has 0 heterocycles. The third kappa shape index (κ3) is 3.32. The molecule has 0 aliphatic heterocycles. The SMILES string of the molecule is COC(=O)CNCC1(CCO)CC1. The minimum absolute atomic E-state index is 0.236. The van der Waals surface area contributed by atoms with Crippen molar-refractivity contribution < 1.29 is 14.6 Å². The number of esters is 1. The molecule has 0 unspecified atom stereocenters. The highest BCUT2D eigenvalue weighted by molar-refractivity contribution is 5.71. The van der Waals surface area contributed by atoms with Crippen LogP contribution in [-0.4, -0.2) is 37.9 Å². The Morgan fingerprint density at radius 3 is 2.77 bits per heavy atom. The van der Waals surface area contributed by atoms with Gasteiger partial charge in [0.2, 0.25) is 0 Å². The van der Waals surface area contributed by atoms with Gasteiger partial charge in [-0.2, -0.15) is 0 Å². The van der Waals surface area contributed by atoms with Gasteiger partial charge in [-0.15, -0.1) is 0 Å². The van der Waals surface area contributed by atoms with Crippen LogP contribution in [0.25, 0.3) is 0 Å². The monoisotopic (exact) mass is 187 g/mol. The van der Waals surface area contributed by atoms with Crippen LogP contribution in [0.5, 0.6) is 0 Å². The number of rotatable bonds is 6. The number of hydrogen-bond acceptors (Lipinski definition) is 4. The summed E-state index contributed by atoms with van der Waals surface area (Å²) >= 11 is 0. The first-order valence-corrected chi connectivity index (χ1v) is 4.61. The molecule has 0 radical (unpaired) electrons. The van der Waals surface area contributed by atoms with E-state index in [-0.39, 0.29) is 24.5 Å². The molecule has 0 atom stereocenters. The molecule has 13 heavy (non-hydrogen) atoms. The Hall–Kier alpha value is -0.610. The van der Waals surface area contributed by atoms with Gasteiger partial charge in [0.25, 0.3) is 0 Å². The second-order valence-electron chi connectivity index (χ2n) is 3.65. The van der Waals surface area contributed by atoms with Gasteiger partial charge in [-0.05, 0) is 24.7 Å². The minimum atomic E-state index is -0.236. The van der Waals surface area contributed by atoms with Gasteiger partial charge < -0.3 is 15.2 Å². The van der Waals surface area contributed by atoms with Gasteiger partial charge >= 0.3 is 5.97 Å². The smallest absolute Gasteiger partial charge is 0.319 e. The normalized spacial score (nSPS) is 18.3.